The molecule has 0 aromatic heterocycles. The third kappa shape index (κ3) is 4.97. The van der Waals surface area contributed by atoms with Gasteiger partial charge in [-0.3, -0.25) is 4.79 Å². The van der Waals surface area contributed by atoms with E-state index in [9.17, 15) is 4.79 Å². The highest BCUT2D eigenvalue weighted by Crippen LogP contribution is 2.15. The van der Waals surface area contributed by atoms with Gasteiger partial charge in [-0.05, 0) is 44.4 Å². The zero-order valence-electron chi connectivity index (χ0n) is 10.1. The van der Waals surface area contributed by atoms with Crippen LogP contribution in [0.15, 0.2) is 18.2 Å². The molecule has 1 aromatic rings. The maximum Gasteiger partial charge on any atom is 0.251 e. The van der Waals surface area contributed by atoms with Crippen LogP contribution in [0.5, 0.6) is 0 Å². The standard InChI is InChI=1S/C13H17Cl2NO/c1-9-5-6-11(15)8-12(9)13(17)16-7-3-4-10(2)14/h5-6,8,10H,3-4,7H2,1-2H3,(H,16,17). The third-order valence-corrected chi connectivity index (χ3v) is 2.96. The number of amides is 1. The first kappa shape index (κ1) is 14.3. The van der Waals surface area contributed by atoms with Crippen LogP contribution in [-0.4, -0.2) is 17.8 Å². The second-order valence-electron chi connectivity index (χ2n) is 4.14. The molecule has 1 atom stereocenters. The Balaban J connectivity index is 2.49. The molecular weight excluding hydrogens is 257 g/mol. The van der Waals surface area contributed by atoms with Crippen molar-refractivity contribution >= 4 is 29.1 Å². The van der Waals surface area contributed by atoms with Crippen molar-refractivity contribution in [3.8, 4) is 0 Å². The fourth-order valence-corrected chi connectivity index (χ4v) is 1.85. The van der Waals surface area contributed by atoms with E-state index in [1.54, 1.807) is 12.1 Å². The predicted octanol–water partition coefficient (Wildman–Crippen LogP) is 3.79. The average molecular weight is 274 g/mol. The molecule has 4 heteroatoms. The molecule has 0 saturated heterocycles. The number of hydrogen-bond donors (Lipinski definition) is 1. The monoisotopic (exact) mass is 273 g/mol. The molecule has 1 amide bonds. The first-order chi connectivity index (χ1) is 8.00. The van der Waals surface area contributed by atoms with E-state index in [1.807, 2.05) is 19.9 Å². The van der Waals surface area contributed by atoms with Gasteiger partial charge in [0.05, 0.1) is 0 Å². The summed E-state index contributed by atoms with van der Waals surface area (Å²) in [7, 11) is 0. The van der Waals surface area contributed by atoms with Crippen LogP contribution in [-0.2, 0) is 0 Å². The van der Waals surface area contributed by atoms with Crippen LogP contribution in [0.3, 0.4) is 0 Å². The number of benzene rings is 1. The number of halogens is 2. The van der Waals surface area contributed by atoms with Crippen molar-refractivity contribution in [2.24, 2.45) is 0 Å². The smallest absolute Gasteiger partial charge is 0.251 e. The van der Waals surface area contributed by atoms with Gasteiger partial charge < -0.3 is 5.32 Å². The van der Waals surface area contributed by atoms with Crippen molar-refractivity contribution in [3.63, 3.8) is 0 Å². The lowest BCUT2D eigenvalue weighted by atomic mass is 10.1. The molecule has 0 heterocycles. The topological polar surface area (TPSA) is 29.1 Å². The molecule has 0 spiro atoms. The van der Waals surface area contributed by atoms with Gasteiger partial charge in [-0.2, -0.15) is 0 Å². The van der Waals surface area contributed by atoms with Crippen LogP contribution < -0.4 is 5.32 Å². The lowest BCUT2D eigenvalue weighted by Crippen LogP contribution is -2.25. The second-order valence-corrected chi connectivity index (χ2v) is 5.32. The zero-order valence-corrected chi connectivity index (χ0v) is 11.6. The minimum atomic E-state index is -0.0766. The van der Waals surface area contributed by atoms with Gasteiger partial charge in [0.1, 0.15) is 0 Å². The van der Waals surface area contributed by atoms with E-state index in [-0.39, 0.29) is 11.3 Å². The van der Waals surface area contributed by atoms with E-state index >= 15 is 0 Å². The molecule has 1 aromatic carbocycles. The molecule has 17 heavy (non-hydrogen) atoms. The van der Waals surface area contributed by atoms with Gasteiger partial charge in [-0.15, -0.1) is 11.6 Å². The number of alkyl halides is 1. The van der Waals surface area contributed by atoms with E-state index in [2.05, 4.69) is 5.32 Å². The van der Waals surface area contributed by atoms with Gasteiger partial charge in [0.25, 0.3) is 5.91 Å². The molecule has 94 valence electrons. The SMILES string of the molecule is Cc1ccc(Cl)cc1C(=O)NCCCC(C)Cl. The fourth-order valence-electron chi connectivity index (χ4n) is 1.52. The quantitative estimate of drug-likeness (QED) is 0.642. The highest BCUT2D eigenvalue weighted by molar-refractivity contribution is 6.31. The Morgan fingerprint density at radius 3 is 2.82 bits per heavy atom. The summed E-state index contributed by atoms with van der Waals surface area (Å²) >= 11 is 11.7. The van der Waals surface area contributed by atoms with Crippen molar-refractivity contribution in [1.29, 1.82) is 0 Å². The lowest BCUT2D eigenvalue weighted by Gasteiger charge is -2.08. The Bertz CT molecular complexity index is 391. The summed E-state index contributed by atoms with van der Waals surface area (Å²) in [4.78, 5) is 11.9. The minimum absolute atomic E-state index is 0.0766. The van der Waals surface area contributed by atoms with Crippen LogP contribution in [0.4, 0.5) is 0 Å². The summed E-state index contributed by atoms with van der Waals surface area (Å²) in [6.07, 6.45) is 1.78. The molecule has 0 bridgehead atoms. The zero-order chi connectivity index (χ0) is 12.8. The summed E-state index contributed by atoms with van der Waals surface area (Å²) < 4.78 is 0. The van der Waals surface area contributed by atoms with E-state index < -0.39 is 0 Å². The number of carbonyl (C=O) groups excluding carboxylic acids is 1. The van der Waals surface area contributed by atoms with Crippen molar-refractivity contribution in [2.75, 3.05) is 6.54 Å². The summed E-state index contributed by atoms with van der Waals surface area (Å²) in [6.45, 7) is 4.48. The third-order valence-electron chi connectivity index (χ3n) is 2.51. The number of nitrogens with one attached hydrogen (secondary N) is 1. The number of rotatable bonds is 5. The highest BCUT2D eigenvalue weighted by atomic mass is 35.5. The van der Waals surface area contributed by atoms with Gasteiger partial charge in [-0.1, -0.05) is 17.7 Å². The largest absolute Gasteiger partial charge is 0.352 e. The molecule has 0 fully saturated rings. The second kappa shape index (κ2) is 6.87. The molecule has 0 aliphatic rings. The molecule has 1 rings (SSSR count). The van der Waals surface area contributed by atoms with Crippen LogP contribution in [0.1, 0.15) is 35.7 Å². The molecule has 0 radical (unpaired) electrons. The summed E-state index contributed by atoms with van der Waals surface area (Å²) in [5, 5.41) is 3.60. The van der Waals surface area contributed by atoms with E-state index in [1.165, 1.54) is 0 Å². The van der Waals surface area contributed by atoms with Gasteiger partial charge in [-0.25, -0.2) is 0 Å². The van der Waals surface area contributed by atoms with Crippen LogP contribution in [0.2, 0.25) is 5.02 Å². The average Bonchev–Trinajstić information content (AvgIpc) is 2.27. The molecule has 1 N–H and O–H groups in total. The Morgan fingerprint density at radius 1 is 1.47 bits per heavy atom. The first-order valence-corrected chi connectivity index (χ1v) is 6.50. The fraction of sp³-hybridized carbons (Fsp3) is 0.462. The van der Waals surface area contributed by atoms with Gasteiger partial charge >= 0.3 is 0 Å². The predicted molar refractivity (Wildman–Crippen MR) is 73.1 cm³/mol. The molecule has 0 aliphatic heterocycles. The number of carbonyl (C=O) groups is 1. The van der Waals surface area contributed by atoms with Gasteiger partial charge in [0, 0.05) is 22.5 Å². The molecule has 0 saturated carbocycles. The van der Waals surface area contributed by atoms with E-state index in [4.69, 9.17) is 23.2 Å². The summed E-state index contributed by atoms with van der Waals surface area (Å²) in [6, 6.07) is 5.32. The first-order valence-electron chi connectivity index (χ1n) is 5.69. The minimum Gasteiger partial charge on any atom is -0.352 e. The van der Waals surface area contributed by atoms with Crippen LogP contribution >= 0.6 is 23.2 Å². The van der Waals surface area contributed by atoms with Crippen molar-refractivity contribution in [1.82, 2.24) is 5.32 Å². The Hall–Kier alpha value is -0.730. The molecule has 1 unspecified atom stereocenters. The summed E-state index contributed by atoms with van der Waals surface area (Å²) in [5.41, 5.74) is 1.56. The Kier molecular flexibility index (Phi) is 5.79. The number of hydrogen-bond acceptors (Lipinski definition) is 1. The lowest BCUT2D eigenvalue weighted by molar-refractivity contribution is 0.0952. The van der Waals surface area contributed by atoms with E-state index in [0.717, 1.165) is 18.4 Å². The Morgan fingerprint density at radius 2 is 2.18 bits per heavy atom. The molecular formula is C13H17Cl2NO. The highest BCUT2D eigenvalue weighted by Gasteiger charge is 2.08. The molecule has 2 nitrogen and oxygen atoms in total. The maximum absolute atomic E-state index is 11.9. The number of aryl methyl sites for hydroxylation is 1. The van der Waals surface area contributed by atoms with Gasteiger partial charge in [0.2, 0.25) is 0 Å². The maximum atomic E-state index is 11.9. The van der Waals surface area contributed by atoms with Crippen molar-refractivity contribution in [3.05, 3.63) is 34.3 Å². The summed E-state index contributed by atoms with van der Waals surface area (Å²) in [5.74, 6) is -0.0766. The van der Waals surface area contributed by atoms with Crippen LogP contribution in [0.25, 0.3) is 0 Å². The van der Waals surface area contributed by atoms with Gasteiger partial charge in [0.15, 0.2) is 0 Å². The van der Waals surface area contributed by atoms with Crippen molar-refractivity contribution in [2.45, 2.75) is 32.1 Å². The Labute approximate surface area is 112 Å². The van der Waals surface area contributed by atoms with E-state index in [0.29, 0.717) is 17.1 Å². The van der Waals surface area contributed by atoms with Crippen LogP contribution in [0, 0.1) is 6.92 Å². The molecule has 0 aliphatic carbocycles. The van der Waals surface area contributed by atoms with Crippen molar-refractivity contribution < 1.29 is 4.79 Å². The normalized spacial score (nSPS) is 12.2.